The number of anilines is 1. The van der Waals surface area contributed by atoms with Crippen LogP contribution in [0.5, 0.6) is 5.75 Å². The Morgan fingerprint density at radius 3 is 2.51 bits per heavy atom. The van der Waals surface area contributed by atoms with Crippen LogP contribution in [0.25, 0.3) is 0 Å². The summed E-state index contributed by atoms with van der Waals surface area (Å²) in [7, 11) is 0. The maximum Gasteiger partial charge on any atom is 0.573 e. The lowest BCUT2D eigenvalue weighted by atomic mass is 9.89. The summed E-state index contributed by atoms with van der Waals surface area (Å²) < 4.78 is 51.9. The van der Waals surface area contributed by atoms with E-state index in [2.05, 4.69) is 15.2 Å². The number of halogens is 3. The summed E-state index contributed by atoms with van der Waals surface area (Å²) in [5, 5.41) is 6.50. The Labute approximate surface area is 200 Å². The van der Waals surface area contributed by atoms with Crippen molar-refractivity contribution in [3.05, 3.63) is 41.8 Å². The van der Waals surface area contributed by atoms with Gasteiger partial charge in [0.2, 0.25) is 11.8 Å². The van der Waals surface area contributed by atoms with Gasteiger partial charge in [-0.2, -0.15) is 0 Å². The van der Waals surface area contributed by atoms with Crippen molar-refractivity contribution in [1.29, 1.82) is 0 Å². The summed E-state index contributed by atoms with van der Waals surface area (Å²) in [6.07, 6.45) is -3.28. The van der Waals surface area contributed by atoms with E-state index in [1.165, 1.54) is 12.1 Å². The first-order valence-electron chi connectivity index (χ1n) is 11.3. The SMILES string of the molecule is Cc1cc(CC(=O)N2CCC3(CC2)CN(CC(=O)Nc2ccc(OC(F)(F)F)cc2)CCO3)on1. The quantitative estimate of drug-likeness (QED) is 0.657. The minimum absolute atomic E-state index is 0.0188. The topological polar surface area (TPSA) is 97.1 Å². The minimum atomic E-state index is -4.77. The first-order chi connectivity index (χ1) is 16.6. The van der Waals surface area contributed by atoms with Crippen molar-refractivity contribution in [1.82, 2.24) is 15.0 Å². The van der Waals surface area contributed by atoms with E-state index in [4.69, 9.17) is 9.26 Å². The highest BCUT2D eigenvalue weighted by Gasteiger charge is 2.41. The zero-order valence-corrected chi connectivity index (χ0v) is 19.3. The van der Waals surface area contributed by atoms with Gasteiger partial charge in [-0.1, -0.05) is 5.16 Å². The van der Waals surface area contributed by atoms with Gasteiger partial charge in [0.25, 0.3) is 0 Å². The molecule has 1 N–H and O–H groups in total. The van der Waals surface area contributed by atoms with Crippen molar-refractivity contribution in [2.75, 3.05) is 44.6 Å². The van der Waals surface area contributed by atoms with Crippen LogP contribution >= 0.6 is 0 Å². The van der Waals surface area contributed by atoms with Gasteiger partial charge in [0, 0.05) is 37.9 Å². The van der Waals surface area contributed by atoms with E-state index in [1.54, 1.807) is 17.9 Å². The van der Waals surface area contributed by atoms with Crippen molar-refractivity contribution in [3.63, 3.8) is 0 Å². The van der Waals surface area contributed by atoms with Crippen LogP contribution in [0.3, 0.4) is 0 Å². The molecule has 1 aromatic carbocycles. The highest BCUT2D eigenvalue weighted by Crippen LogP contribution is 2.30. The lowest BCUT2D eigenvalue weighted by Crippen LogP contribution is -2.58. The lowest BCUT2D eigenvalue weighted by molar-refractivity contribution is -0.274. The second-order valence-electron chi connectivity index (χ2n) is 8.85. The van der Waals surface area contributed by atoms with Crippen LogP contribution in [0.1, 0.15) is 24.3 Å². The molecule has 2 aliphatic heterocycles. The average Bonchev–Trinajstić information content (AvgIpc) is 3.19. The van der Waals surface area contributed by atoms with Crippen LogP contribution in [0.2, 0.25) is 0 Å². The number of nitrogens with zero attached hydrogens (tertiary/aromatic N) is 3. The molecule has 9 nitrogen and oxygen atoms in total. The van der Waals surface area contributed by atoms with E-state index >= 15 is 0 Å². The van der Waals surface area contributed by atoms with Gasteiger partial charge >= 0.3 is 6.36 Å². The molecule has 2 amide bonds. The molecule has 35 heavy (non-hydrogen) atoms. The predicted octanol–water partition coefficient (Wildman–Crippen LogP) is 2.76. The third kappa shape index (κ3) is 6.95. The third-order valence-electron chi connectivity index (χ3n) is 6.10. The van der Waals surface area contributed by atoms with Crippen molar-refractivity contribution >= 4 is 17.5 Å². The molecule has 3 heterocycles. The molecule has 2 aliphatic rings. The standard InChI is InChI=1S/C23H27F3N4O5/c1-16-12-19(35-28-16)13-21(32)30-8-6-22(7-9-30)15-29(10-11-33-22)14-20(31)27-17-2-4-18(5-3-17)34-23(24,25)26/h2-5,12H,6-11,13-15H2,1H3,(H,27,31). The van der Waals surface area contributed by atoms with Gasteiger partial charge in [-0.3, -0.25) is 14.5 Å². The van der Waals surface area contributed by atoms with Gasteiger partial charge in [-0.25, -0.2) is 0 Å². The number of hydrogen-bond acceptors (Lipinski definition) is 7. The fourth-order valence-electron chi connectivity index (χ4n) is 4.43. The Hall–Kier alpha value is -3.12. The highest BCUT2D eigenvalue weighted by molar-refractivity contribution is 5.92. The molecule has 0 atom stereocenters. The zero-order chi connectivity index (χ0) is 25.1. The number of benzene rings is 1. The number of rotatable bonds is 6. The Morgan fingerprint density at radius 2 is 1.89 bits per heavy atom. The molecule has 0 saturated carbocycles. The predicted molar refractivity (Wildman–Crippen MR) is 118 cm³/mol. The van der Waals surface area contributed by atoms with Crippen molar-refractivity contribution in [2.24, 2.45) is 0 Å². The average molecular weight is 496 g/mol. The number of ether oxygens (including phenoxy) is 2. The first-order valence-corrected chi connectivity index (χ1v) is 11.3. The molecule has 0 unspecified atom stereocenters. The zero-order valence-electron chi connectivity index (χ0n) is 19.3. The summed E-state index contributed by atoms with van der Waals surface area (Å²) in [6.45, 7) is 4.65. The van der Waals surface area contributed by atoms with Crippen LogP contribution in [-0.2, 0) is 20.7 Å². The summed E-state index contributed by atoms with van der Waals surface area (Å²) in [5.41, 5.74) is 0.688. The number of alkyl halides is 3. The molecule has 4 rings (SSSR count). The molecule has 2 fully saturated rings. The van der Waals surface area contributed by atoms with E-state index in [1.807, 2.05) is 4.90 Å². The number of piperidine rings is 1. The van der Waals surface area contributed by atoms with Crippen LogP contribution < -0.4 is 10.1 Å². The molecule has 2 saturated heterocycles. The molecule has 2 aromatic rings. The number of aromatic nitrogens is 1. The first kappa shape index (κ1) is 25.0. The number of morpholine rings is 1. The van der Waals surface area contributed by atoms with Gasteiger partial charge in [-0.15, -0.1) is 13.2 Å². The van der Waals surface area contributed by atoms with Gasteiger partial charge in [0.05, 0.1) is 30.9 Å². The smallest absolute Gasteiger partial charge is 0.406 e. The van der Waals surface area contributed by atoms with Crippen molar-refractivity contribution in [2.45, 2.75) is 38.1 Å². The fourth-order valence-corrected chi connectivity index (χ4v) is 4.43. The van der Waals surface area contributed by atoms with E-state index in [0.717, 1.165) is 17.8 Å². The monoisotopic (exact) mass is 496 g/mol. The second kappa shape index (κ2) is 10.2. The van der Waals surface area contributed by atoms with Crippen LogP contribution in [0, 0.1) is 6.92 Å². The van der Waals surface area contributed by atoms with Gasteiger partial charge in [0.1, 0.15) is 11.5 Å². The Bertz CT molecular complexity index is 1030. The second-order valence-corrected chi connectivity index (χ2v) is 8.85. The molecular weight excluding hydrogens is 469 g/mol. The number of carbonyl (C=O) groups is 2. The number of likely N-dealkylation sites (tertiary alicyclic amines) is 1. The summed E-state index contributed by atoms with van der Waals surface area (Å²) in [4.78, 5) is 28.9. The molecule has 0 aliphatic carbocycles. The number of nitrogens with one attached hydrogen (secondary N) is 1. The molecule has 0 radical (unpaired) electrons. The molecule has 0 bridgehead atoms. The maximum absolute atomic E-state index is 12.6. The number of aryl methyl sites for hydroxylation is 1. The van der Waals surface area contributed by atoms with E-state index in [9.17, 15) is 22.8 Å². The summed E-state index contributed by atoms with van der Waals surface area (Å²) in [5.74, 6) is -0.107. The van der Waals surface area contributed by atoms with Gasteiger partial charge < -0.3 is 24.2 Å². The molecular formula is C23H27F3N4O5. The highest BCUT2D eigenvalue weighted by atomic mass is 19.4. The van der Waals surface area contributed by atoms with Crippen LogP contribution in [0.15, 0.2) is 34.9 Å². The largest absolute Gasteiger partial charge is 0.573 e. The van der Waals surface area contributed by atoms with E-state index < -0.39 is 12.0 Å². The Balaban J connectivity index is 1.24. The summed E-state index contributed by atoms with van der Waals surface area (Å²) in [6, 6.07) is 6.75. The van der Waals surface area contributed by atoms with Crippen molar-refractivity contribution in [3.8, 4) is 5.75 Å². The molecule has 1 spiro atoms. The van der Waals surface area contributed by atoms with Crippen LogP contribution in [-0.4, -0.2) is 78.1 Å². The molecule has 1 aromatic heterocycles. The van der Waals surface area contributed by atoms with E-state index in [0.29, 0.717) is 57.1 Å². The maximum atomic E-state index is 12.6. The Morgan fingerprint density at radius 1 is 1.17 bits per heavy atom. The lowest BCUT2D eigenvalue weighted by Gasteiger charge is -2.47. The molecule has 12 heteroatoms. The molecule has 190 valence electrons. The van der Waals surface area contributed by atoms with Gasteiger partial charge in [0.15, 0.2) is 0 Å². The number of amides is 2. The number of hydrogen-bond donors (Lipinski definition) is 1. The fraction of sp³-hybridized carbons (Fsp3) is 0.522. The summed E-state index contributed by atoms with van der Waals surface area (Å²) >= 11 is 0. The van der Waals surface area contributed by atoms with Crippen LogP contribution in [0.4, 0.5) is 18.9 Å². The minimum Gasteiger partial charge on any atom is -0.406 e. The normalized spacial score (nSPS) is 18.5. The Kier molecular flexibility index (Phi) is 7.31. The van der Waals surface area contributed by atoms with Crippen molar-refractivity contribution < 1.29 is 36.8 Å². The third-order valence-corrected chi connectivity index (χ3v) is 6.10. The van der Waals surface area contributed by atoms with E-state index in [-0.39, 0.29) is 30.5 Å². The van der Waals surface area contributed by atoms with Gasteiger partial charge in [-0.05, 0) is 44.0 Å². The number of carbonyl (C=O) groups excluding carboxylic acids is 2.